The second-order valence-corrected chi connectivity index (χ2v) is 4.93. The van der Waals surface area contributed by atoms with Crippen molar-refractivity contribution in [2.45, 2.75) is 20.3 Å². The average Bonchev–Trinajstić information content (AvgIpc) is 2.34. The third-order valence-corrected chi connectivity index (χ3v) is 3.10. The van der Waals surface area contributed by atoms with Gasteiger partial charge in [-0.25, -0.2) is 4.39 Å². The average molecular weight is 266 g/mol. The number of anilines is 1. The first-order valence-corrected chi connectivity index (χ1v) is 6.66. The molecule has 0 bridgehead atoms. The van der Waals surface area contributed by atoms with Crippen LogP contribution in [0.3, 0.4) is 0 Å². The van der Waals surface area contributed by atoms with Crippen LogP contribution in [0.5, 0.6) is 0 Å². The highest BCUT2D eigenvalue weighted by Crippen LogP contribution is 2.25. The molecule has 0 saturated carbocycles. The molecule has 0 fully saturated rings. The van der Waals surface area contributed by atoms with Crippen LogP contribution in [0.25, 0.3) is 0 Å². The van der Waals surface area contributed by atoms with Crippen LogP contribution in [0.2, 0.25) is 0 Å². The Morgan fingerprint density at radius 3 is 2.47 bits per heavy atom. The van der Waals surface area contributed by atoms with Gasteiger partial charge >= 0.3 is 0 Å². The zero-order valence-electron chi connectivity index (χ0n) is 12.2. The van der Waals surface area contributed by atoms with Gasteiger partial charge < -0.3 is 9.80 Å². The normalized spacial score (nSPS) is 10.8. The lowest BCUT2D eigenvalue weighted by Crippen LogP contribution is -2.29. The molecule has 19 heavy (non-hydrogen) atoms. The van der Waals surface area contributed by atoms with Gasteiger partial charge in [0, 0.05) is 18.7 Å². The number of nitrogens with zero attached hydrogens (tertiary/aromatic N) is 2. The second kappa shape index (κ2) is 7.24. The van der Waals surface area contributed by atoms with Gasteiger partial charge in [-0.05, 0) is 53.0 Å². The summed E-state index contributed by atoms with van der Waals surface area (Å²) >= 11 is 0. The SMILES string of the molecule is CCN(CCCN(C)C)c1c(F)cccc1C(C)=O. The fraction of sp³-hybridized carbons (Fsp3) is 0.533. The third-order valence-electron chi connectivity index (χ3n) is 3.10. The Kier molecular flexibility index (Phi) is 5.96. The molecule has 3 nitrogen and oxygen atoms in total. The molecule has 0 amide bonds. The van der Waals surface area contributed by atoms with E-state index in [0.29, 0.717) is 17.8 Å². The van der Waals surface area contributed by atoms with Gasteiger partial charge in [-0.15, -0.1) is 0 Å². The Morgan fingerprint density at radius 2 is 1.95 bits per heavy atom. The summed E-state index contributed by atoms with van der Waals surface area (Å²) in [6.45, 7) is 5.84. The first-order valence-electron chi connectivity index (χ1n) is 6.66. The van der Waals surface area contributed by atoms with Crippen molar-refractivity contribution < 1.29 is 9.18 Å². The van der Waals surface area contributed by atoms with Gasteiger partial charge in [-0.1, -0.05) is 6.07 Å². The van der Waals surface area contributed by atoms with E-state index in [9.17, 15) is 9.18 Å². The standard InChI is InChI=1S/C15H23FN2O/c1-5-18(11-7-10-17(3)4)15-13(12(2)19)8-6-9-14(15)16/h6,8-9H,5,7,10-11H2,1-4H3. The van der Waals surface area contributed by atoms with Crippen LogP contribution in [-0.4, -0.2) is 44.4 Å². The van der Waals surface area contributed by atoms with E-state index in [1.54, 1.807) is 12.1 Å². The molecule has 1 aromatic carbocycles. The minimum atomic E-state index is -0.320. The van der Waals surface area contributed by atoms with Crippen molar-refractivity contribution in [2.24, 2.45) is 0 Å². The smallest absolute Gasteiger partial charge is 0.161 e. The van der Waals surface area contributed by atoms with E-state index in [0.717, 1.165) is 19.5 Å². The van der Waals surface area contributed by atoms with E-state index in [4.69, 9.17) is 0 Å². The van der Waals surface area contributed by atoms with Gasteiger partial charge in [0.2, 0.25) is 0 Å². The van der Waals surface area contributed by atoms with Crippen LogP contribution in [-0.2, 0) is 0 Å². The monoisotopic (exact) mass is 266 g/mol. The minimum absolute atomic E-state index is 0.0967. The summed E-state index contributed by atoms with van der Waals surface area (Å²) in [4.78, 5) is 15.7. The summed E-state index contributed by atoms with van der Waals surface area (Å²) in [5, 5.41) is 0. The zero-order valence-corrected chi connectivity index (χ0v) is 12.2. The molecule has 0 atom stereocenters. The van der Waals surface area contributed by atoms with Crippen LogP contribution in [0, 0.1) is 5.82 Å². The number of ketones is 1. The quantitative estimate of drug-likeness (QED) is 0.709. The van der Waals surface area contributed by atoms with Crippen LogP contribution in [0.4, 0.5) is 10.1 Å². The largest absolute Gasteiger partial charge is 0.369 e. The van der Waals surface area contributed by atoms with Gasteiger partial charge in [0.05, 0.1) is 5.69 Å². The number of rotatable bonds is 7. The van der Waals surface area contributed by atoms with E-state index in [-0.39, 0.29) is 11.6 Å². The lowest BCUT2D eigenvalue weighted by molar-refractivity contribution is 0.101. The lowest BCUT2D eigenvalue weighted by Gasteiger charge is -2.26. The maximum atomic E-state index is 14.0. The van der Waals surface area contributed by atoms with Crippen molar-refractivity contribution in [3.63, 3.8) is 0 Å². The van der Waals surface area contributed by atoms with Crippen molar-refractivity contribution in [1.29, 1.82) is 0 Å². The Morgan fingerprint density at radius 1 is 1.26 bits per heavy atom. The number of Topliss-reactive ketones (excluding diaryl/α,β-unsaturated/α-hetero) is 1. The number of halogens is 1. The lowest BCUT2D eigenvalue weighted by atomic mass is 10.1. The van der Waals surface area contributed by atoms with Crippen LogP contribution < -0.4 is 4.90 Å². The zero-order chi connectivity index (χ0) is 14.4. The third kappa shape index (κ3) is 4.31. The summed E-state index contributed by atoms with van der Waals surface area (Å²) in [6, 6.07) is 4.69. The molecule has 106 valence electrons. The summed E-state index contributed by atoms with van der Waals surface area (Å²) in [5.41, 5.74) is 0.906. The molecule has 0 aliphatic heterocycles. The number of carbonyl (C=O) groups is 1. The first kappa shape index (κ1) is 15.6. The Bertz CT molecular complexity index is 432. The number of para-hydroxylation sites is 1. The molecular formula is C15H23FN2O. The maximum absolute atomic E-state index is 14.0. The predicted molar refractivity (Wildman–Crippen MR) is 77.5 cm³/mol. The van der Waals surface area contributed by atoms with Crippen LogP contribution in [0.1, 0.15) is 30.6 Å². The first-order chi connectivity index (χ1) is 8.97. The Labute approximate surface area is 115 Å². The van der Waals surface area contributed by atoms with Crippen molar-refractivity contribution in [2.75, 3.05) is 38.6 Å². The molecular weight excluding hydrogens is 243 g/mol. The Hall–Kier alpha value is -1.42. The highest BCUT2D eigenvalue weighted by molar-refractivity contribution is 5.99. The highest BCUT2D eigenvalue weighted by atomic mass is 19.1. The number of benzene rings is 1. The van der Waals surface area contributed by atoms with Gasteiger partial charge in [0.15, 0.2) is 5.78 Å². The van der Waals surface area contributed by atoms with Gasteiger partial charge in [-0.3, -0.25) is 4.79 Å². The molecule has 0 aliphatic carbocycles. The maximum Gasteiger partial charge on any atom is 0.161 e. The van der Waals surface area contributed by atoms with Crippen molar-refractivity contribution in [3.05, 3.63) is 29.6 Å². The molecule has 1 rings (SSSR count). The number of hydrogen-bond acceptors (Lipinski definition) is 3. The molecule has 4 heteroatoms. The van der Waals surface area contributed by atoms with Crippen molar-refractivity contribution in [1.82, 2.24) is 4.90 Å². The summed E-state index contributed by atoms with van der Waals surface area (Å²) in [7, 11) is 4.03. The van der Waals surface area contributed by atoms with E-state index in [1.165, 1.54) is 13.0 Å². The molecule has 0 unspecified atom stereocenters. The van der Waals surface area contributed by atoms with Gasteiger partial charge in [0.25, 0.3) is 0 Å². The number of hydrogen-bond donors (Lipinski definition) is 0. The van der Waals surface area contributed by atoms with E-state index in [2.05, 4.69) is 4.90 Å². The summed E-state index contributed by atoms with van der Waals surface area (Å²) in [5.74, 6) is -0.417. The van der Waals surface area contributed by atoms with Gasteiger partial charge in [0.1, 0.15) is 5.82 Å². The molecule has 0 saturated heterocycles. The summed E-state index contributed by atoms with van der Waals surface area (Å²) < 4.78 is 14.0. The fourth-order valence-corrected chi connectivity index (χ4v) is 2.13. The minimum Gasteiger partial charge on any atom is -0.369 e. The summed E-state index contributed by atoms with van der Waals surface area (Å²) in [6.07, 6.45) is 0.937. The molecule has 0 heterocycles. The molecule has 0 aromatic heterocycles. The molecule has 1 aromatic rings. The number of carbonyl (C=O) groups excluding carboxylic acids is 1. The predicted octanol–water partition coefficient (Wildman–Crippen LogP) is 2.81. The van der Waals surface area contributed by atoms with Gasteiger partial charge in [-0.2, -0.15) is 0 Å². The fourth-order valence-electron chi connectivity index (χ4n) is 2.13. The van der Waals surface area contributed by atoms with Crippen LogP contribution >= 0.6 is 0 Å². The van der Waals surface area contributed by atoms with Crippen LogP contribution in [0.15, 0.2) is 18.2 Å². The molecule has 0 aliphatic rings. The second-order valence-electron chi connectivity index (χ2n) is 4.93. The van der Waals surface area contributed by atoms with E-state index >= 15 is 0 Å². The highest BCUT2D eigenvalue weighted by Gasteiger charge is 2.17. The Balaban J connectivity index is 2.94. The van der Waals surface area contributed by atoms with E-state index in [1.807, 2.05) is 25.9 Å². The molecule has 0 spiro atoms. The topological polar surface area (TPSA) is 23.6 Å². The molecule has 0 N–H and O–H groups in total. The van der Waals surface area contributed by atoms with Crippen molar-refractivity contribution in [3.8, 4) is 0 Å². The molecule has 0 radical (unpaired) electrons. The van der Waals surface area contributed by atoms with Crippen molar-refractivity contribution >= 4 is 11.5 Å². The van der Waals surface area contributed by atoms with E-state index < -0.39 is 0 Å².